The number of carboxylic acids is 1. The van der Waals surface area contributed by atoms with Crippen LogP contribution < -0.4 is 0 Å². The maximum Gasteiger partial charge on any atom is 0.339 e. The summed E-state index contributed by atoms with van der Waals surface area (Å²) in [6.45, 7) is 9.76. The van der Waals surface area contributed by atoms with Crippen LogP contribution >= 0.6 is 0 Å². The molecule has 0 heterocycles. The molecule has 0 aromatic heterocycles. The van der Waals surface area contributed by atoms with E-state index in [-0.39, 0.29) is 22.6 Å². The van der Waals surface area contributed by atoms with E-state index in [1.54, 1.807) is 12.1 Å². The van der Waals surface area contributed by atoms with E-state index in [1.165, 1.54) is 6.07 Å². The van der Waals surface area contributed by atoms with Crippen LogP contribution in [0.4, 0.5) is 0 Å². The van der Waals surface area contributed by atoms with Gasteiger partial charge in [-0.3, -0.25) is 0 Å². The lowest BCUT2D eigenvalue weighted by Gasteiger charge is -2.23. The van der Waals surface area contributed by atoms with E-state index in [9.17, 15) is 14.7 Å². The topological polar surface area (TPSA) is 63.6 Å². The lowest BCUT2D eigenvalue weighted by Crippen LogP contribution is -2.23. The maximum absolute atomic E-state index is 12.4. The summed E-state index contributed by atoms with van der Waals surface area (Å²) in [5, 5.41) is 9.55. The molecule has 4 nitrogen and oxygen atoms in total. The van der Waals surface area contributed by atoms with Gasteiger partial charge in [0.1, 0.15) is 6.10 Å². The zero-order chi connectivity index (χ0) is 16.9. The van der Waals surface area contributed by atoms with Crippen molar-refractivity contribution in [3.63, 3.8) is 0 Å². The average Bonchev–Trinajstić information content (AvgIpc) is 2.44. The van der Waals surface area contributed by atoms with Gasteiger partial charge in [-0.1, -0.05) is 53.2 Å². The molecular weight excluding hydrogens is 280 g/mol. The van der Waals surface area contributed by atoms with Crippen LogP contribution in [0.3, 0.4) is 0 Å². The van der Waals surface area contributed by atoms with Crippen LogP contribution in [-0.4, -0.2) is 23.1 Å². The fourth-order valence-corrected chi connectivity index (χ4v) is 2.46. The minimum absolute atomic E-state index is 0.0475. The van der Waals surface area contributed by atoms with E-state index in [4.69, 9.17) is 4.74 Å². The minimum atomic E-state index is -1.10. The first-order chi connectivity index (χ1) is 10.2. The Morgan fingerprint density at radius 2 is 1.86 bits per heavy atom. The number of ether oxygens (including phenoxy) is 1. The summed E-state index contributed by atoms with van der Waals surface area (Å²) < 4.78 is 5.48. The summed E-state index contributed by atoms with van der Waals surface area (Å²) in [5.41, 5.74) is 0.455. The van der Waals surface area contributed by atoms with Crippen molar-refractivity contribution in [1.29, 1.82) is 0 Å². The highest BCUT2D eigenvalue weighted by molar-refractivity contribution is 6.03. The Labute approximate surface area is 132 Å². The molecule has 1 rings (SSSR count). The summed E-state index contributed by atoms with van der Waals surface area (Å²) >= 11 is 0. The van der Waals surface area contributed by atoms with E-state index in [1.807, 2.05) is 34.6 Å². The zero-order valence-electron chi connectivity index (χ0n) is 14.1. The number of carbonyl (C=O) groups is 2. The van der Waals surface area contributed by atoms with Crippen LogP contribution in [0.5, 0.6) is 0 Å². The molecule has 1 aromatic rings. The summed E-state index contributed by atoms with van der Waals surface area (Å²) in [6, 6.07) is 4.99. The first-order valence-electron chi connectivity index (χ1n) is 7.80. The molecular formula is C18H26O4. The van der Waals surface area contributed by atoms with Gasteiger partial charge in [-0.15, -0.1) is 0 Å². The van der Waals surface area contributed by atoms with Crippen molar-refractivity contribution in [2.24, 2.45) is 0 Å². The number of esters is 1. The van der Waals surface area contributed by atoms with Crippen LogP contribution in [-0.2, 0) is 10.2 Å². The molecule has 0 fully saturated rings. The molecule has 0 bridgehead atoms. The van der Waals surface area contributed by atoms with Gasteiger partial charge >= 0.3 is 11.9 Å². The van der Waals surface area contributed by atoms with Gasteiger partial charge in [0, 0.05) is 0 Å². The van der Waals surface area contributed by atoms with Crippen molar-refractivity contribution in [1.82, 2.24) is 0 Å². The molecule has 0 radical (unpaired) electrons. The van der Waals surface area contributed by atoms with Crippen molar-refractivity contribution >= 4 is 11.9 Å². The second-order valence-corrected chi connectivity index (χ2v) is 6.51. The third kappa shape index (κ3) is 4.33. The number of carbonyl (C=O) groups excluding carboxylic acids is 1. The summed E-state index contributed by atoms with van der Waals surface area (Å²) in [4.78, 5) is 24.1. The Morgan fingerprint density at radius 1 is 1.23 bits per heavy atom. The standard InChI is InChI=1S/C18H26O4/c1-6-9-12(7-2)22-17(21)13-10-8-11-14(18(3,4)5)15(13)16(19)20/h8,10-12H,6-7,9H2,1-5H3,(H,19,20). The van der Waals surface area contributed by atoms with E-state index >= 15 is 0 Å². The van der Waals surface area contributed by atoms with Gasteiger partial charge in [-0.05, 0) is 29.9 Å². The van der Waals surface area contributed by atoms with E-state index in [2.05, 4.69) is 0 Å². The van der Waals surface area contributed by atoms with Crippen LogP contribution in [0.25, 0.3) is 0 Å². The predicted octanol–water partition coefficient (Wildman–Crippen LogP) is 4.42. The Kier molecular flexibility index (Phi) is 6.15. The van der Waals surface area contributed by atoms with Crippen LogP contribution in [0, 0.1) is 0 Å². The quantitative estimate of drug-likeness (QED) is 0.790. The largest absolute Gasteiger partial charge is 0.478 e. The molecule has 1 unspecified atom stereocenters. The Balaban J connectivity index is 3.24. The van der Waals surface area contributed by atoms with Gasteiger partial charge in [0.2, 0.25) is 0 Å². The van der Waals surface area contributed by atoms with E-state index in [0.29, 0.717) is 5.56 Å². The molecule has 0 saturated heterocycles. The molecule has 0 amide bonds. The van der Waals surface area contributed by atoms with Gasteiger partial charge in [0.05, 0.1) is 11.1 Å². The van der Waals surface area contributed by atoms with Gasteiger partial charge < -0.3 is 9.84 Å². The smallest absolute Gasteiger partial charge is 0.339 e. The van der Waals surface area contributed by atoms with Crippen molar-refractivity contribution in [2.45, 2.75) is 65.4 Å². The van der Waals surface area contributed by atoms with Crippen LogP contribution in [0.2, 0.25) is 0 Å². The Morgan fingerprint density at radius 3 is 2.32 bits per heavy atom. The maximum atomic E-state index is 12.4. The summed E-state index contributed by atoms with van der Waals surface area (Å²) in [5.74, 6) is -1.65. The number of rotatable bonds is 6. The minimum Gasteiger partial charge on any atom is -0.478 e. The van der Waals surface area contributed by atoms with Crippen molar-refractivity contribution in [3.05, 3.63) is 34.9 Å². The fourth-order valence-electron chi connectivity index (χ4n) is 2.46. The molecule has 4 heteroatoms. The van der Waals surface area contributed by atoms with Crippen LogP contribution in [0.1, 0.15) is 80.2 Å². The predicted molar refractivity (Wildman–Crippen MR) is 86.5 cm³/mol. The number of aromatic carboxylic acids is 1. The number of benzene rings is 1. The summed E-state index contributed by atoms with van der Waals surface area (Å²) in [7, 11) is 0. The van der Waals surface area contributed by atoms with Crippen molar-refractivity contribution in [3.8, 4) is 0 Å². The third-order valence-electron chi connectivity index (χ3n) is 3.65. The highest BCUT2D eigenvalue weighted by Gasteiger charge is 2.28. The molecule has 122 valence electrons. The average molecular weight is 306 g/mol. The monoisotopic (exact) mass is 306 g/mol. The molecule has 22 heavy (non-hydrogen) atoms. The van der Waals surface area contributed by atoms with Crippen molar-refractivity contribution < 1.29 is 19.4 Å². The first kappa shape index (κ1) is 18.2. The van der Waals surface area contributed by atoms with Gasteiger partial charge in [-0.25, -0.2) is 9.59 Å². The summed E-state index contributed by atoms with van der Waals surface area (Å²) in [6.07, 6.45) is 2.25. The normalized spacial score (nSPS) is 12.8. The number of hydrogen-bond donors (Lipinski definition) is 1. The molecule has 0 aliphatic heterocycles. The Bertz CT molecular complexity index is 541. The molecule has 1 atom stereocenters. The van der Waals surface area contributed by atoms with E-state index < -0.39 is 11.9 Å². The first-order valence-corrected chi connectivity index (χ1v) is 7.80. The van der Waals surface area contributed by atoms with Crippen LogP contribution in [0.15, 0.2) is 18.2 Å². The highest BCUT2D eigenvalue weighted by atomic mass is 16.5. The van der Waals surface area contributed by atoms with Crippen molar-refractivity contribution in [2.75, 3.05) is 0 Å². The highest BCUT2D eigenvalue weighted by Crippen LogP contribution is 2.29. The molecule has 1 aromatic carbocycles. The Hall–Kier alpha value is -1.84. The SMILES string of the molecule is CCCC(CC)OC(=O)c1cccc(C(C)(C)C)c1C(=O)O. The number of carboxylic acid groups (broad SMARTS) is 1. The molecule has 0 aliphatic rings. The zero-order valence-corrected chi connectivity index (χ0v) is 14.1. The second kappa shape index (κ2) is 7.43. The number of hydrogen-bond acceptors (Lipinski definition) is 3. The van der Waals surface area contributed by atoms with Gasteiger partial charge in [0.15, 0.2) is 0 Å². The molecule has 0 saturated carbocycles. The second-order valence-electron chi connectivity index (χ2n) is 6.51. The van der Waals surface area contributed by atoms with Gasteiger partial charge in [-0.2, -0.15) is 0 Å². The van der Waals surface area contributed by atoms with E-state index in [0.717, 1.165) is 19.3 Å². The third-order valence-corrected chi connectivity index (χ3v) is 3.65. The fraction of sp³-hybridized carbons (Fsp3) is 0.556. The molecule has 1 N–H and O–H groups in total. The molecule has 0 spiro atoms. The lowest BCUT2D eigenvalue weighted by atomic mass is 9.82. The van der Waals surface area contributed by atoms with Gasteiger partial charge in [0.25, 0.3) is 0 Å². The molecule has 0 aliphatic carbocycles. The lowest BCUT2D eigenvalue weighted by molar-refractivity contribution is 0.0266.